The molecule has 0 saturated carbocycles. The highest BCUT2D eigenvalue weighted by Crippen LogP contribution is 2.31. The summed E-state index contributed by atoms with van der Waals surface area (Å²) in [5, 5.41) is 2.79. The molecule has 0 spiro atoms. The Morgan fingerprint density at radius 3 is 2.60 bits per heavy atom. The lowest BCUT2D eigenvalue weighted by atomic mass is 10.2. The molecule has 2 rings (SSSR count). The van der Waals surface area contributed by atoms with E-state index in [1.165, 1.54) is 0 Å². The number of alkyl halides is 3. The van der Waals surface area contributed by atoms with Gasteiger partial charge in [0, 0.05) is 5.69 Å². The van der Waals surface area contributed by atoms with Gasteiger partial charge in [-0.3, -0.25) is 4.98 Å². The molecule has 0 unspecified atom stereocenters. The summed E-state index contributed by atoms with van der Waals surface area (Å²) in [5.74, 6) is -0.111. The van der Waals surface area contributed by atoms with Gasteiger partial charge in [0.05, 0.1) is 17.8 Å². The number of halogens is 3. The lowest BCUT2D eigenvalue weighted by molar-refractivity contribution is -0.137. The van der Waals surface area contributed by atoms with Crippen molar-refractivity contribution in [2.45, 2.75) is 19.6 Å². The molecular formula is C13H13F3N4. The number of nitrogens with zero attached hydrogens (tertiary/aromatic N) is 2. The lowest BCUT2D eigenvalue weighted by Crippen LogP contribution is -2.10. The fourth-order valence-corrected chi connectivity index (χ4v) is 1.69. The quantitative estimate of drug-likeness (QED) is 0.908. The molecule has 0 bridgehead atoms. The minimum atomic E-state index is -4.45. The number of rotatable bonds is 3. The van der Waals surface area contributed by atoms with Crippen molar-refractivity contribution in [1.82, 2.24) is 9.97 Å². The second kappa shape index (κ2) is 5.36. The van der Waals surface area contributed by atoms with E-state index in [9.17, 15) is 13.2 Å². The van der Waals surface area contributed by atoms with Crippen LogP contribution >= 0.6 is 0 Å². The minimum absolute atomic E-state index is 0.0700. The van der Waals surface area contributed by atoms with E-state index in [4.69, 9.17) is 5.73 Å². The van der Waals surface area contributed by atoms with Crippen molar-refractivity contribution in [1.29, 1.82) is 0 Å². The molecule has 0 aliphatic heterocycles. The number of hydrogen-bond acceptors (Lipinski definition) is 4. The molecule has 0 radical (unpaired) electrons. The van der Waals surface area contributed by atoms with E-state index in [-0.39, 0.29) is 18.2 Å². The van der Waals surface area contributed by atoms with E-state index < -0.39 is 11.7 Å². The minimum Gasteiger partial charge on any atom is -0.384 e. The van der Waals surface area contributed by atoms with Crippen LogP contribution in [0.5, 0.6) is 0 Å². The van der Waals surface area contributed by atoms with Crippen molar-refractivity contribution in [2.75, 3.05) is 11.1 Å². The van der Waals surface area contributed by atoms with Gasteiger partial charge in [0.25, 0.3) is 0 Å². The van der Waals surface area contributed by atoms with Crippen molar-refractivity contribution in [3.63, 3.8) is 0 Å². The molecule has 4 nitrogen and oxygen atoms in total. The molecule has 2 aromatic rings. The van der Waals surface area contributed by atoms with Gasteiger partial charge in [0.1, 0.15) is 11.6 Å². The first-order chi connectivity index (χ1) is 9.34. The van der Waals surface area contributed by atoms with E-state index in [0.29, 0.717) is 5.69 Å². The smallest absolute Gasteiger partial charge is 0.384 e. The van der Waals surface area contributed by atoms with E-state index in [0.717, 1.165) is 17.8 Å². The first-order valence-corrected chi connectivity index (χ1v) is 5.86. The Morgan fingerprint density at radius 1 is 1.20 bits per heavy atom. The van der Waals surface area contributed by atoms with Gasteiger partial charge in [-0.1, -0.05) is 6.07 Å². The number of nitrogens with two attached hydrogens (primary N) is 1. The summed E-state index contributed by atoms with van der Waals surface area (Å²) in [7, 11) is 0. The van der Waals surface area contributed by atoms with Crippen molar-refractivity contribution < 1.29 is 13.2 Å². The van der Waals surface area contributed by atoms with Gasteiger partial charge < -0.3 is 11.1 Å². The lowest BCUT2D eigenvalue weighted by Gasteiger charge is -2.11. The van der Waals surface area contributed by atoms with Crippen LogP contribution in [-0.2, 0) is 12.7 Å². The third-order valence-electron chi connectivity index (χ3n) is 2.57. The van der Waals surface area contributed by atoms with E-state index in [1.807, 2.05) is 19.1 Å². The summed E-state index contributed by atoms with van der Waals surface area (Å²) >= 11 is 0. The number of hydrogen-bond donors (Lipinski definition) is 2. The van der Waals surface area contributed by atoms with Crippen LogP contribution < -0.4 is 11.1 Å². The molecule has 0 fully saturated rings. The first-order valence-electron chi connectivity index (χ1n) is 5.86. The van der Waals surface area contributed by atoms with Crippen LogP contribution in [0.15, 0.2) is 30.3 Å². The summed E-state index contributed by atoms with van der Waals surface area (Å²) in [4.78, 5) is 8.06. The largest absolute Gasteiger partial charge is 0.416 e. The molecule has 2 aromatic heterocycles. The van der Waals surface area contributed by atoms with Gasteiger partial charge in [-0.15, -0.1) is 0 Å². The van der Waals surface area contributed by atoms with Crippen molar-refractivity contribution in [3.05, 3.63) is 47.3 Å². The standard InChI is InChI=1S/C13H13F3N4/c1-8-3-2-4-10(19-8)7-18-12-6-9(13(14,15)16)5-11(17)20-12/h2-6H,7H2,1H3,(H3,17,18,20). The van der Waals surface area contributed by atoms with Crippen LogP contribution in [0.4, 0.5) is 24.8 Å². The van der Waals surface area contributed by atoms with E-state index >= 15 is 0 Å². The summed E-state index contributed by atoms with van der Waals surface area (Å²) in [6.45, 7) is 2.11. The summed E-state index contributed by atoms with van der Waals surface area (Å²) in [6.07, 6.45) is -4.45. The molecule has 20 heavy (non-hydrogen) atoms. The topological polar surface area (TPSA) is 63.8 Å². The number of aryl methyl sites for hydroxylation is 1. The molecule has 0 aliphatic carbocycles. The van der Waals surface area contributed by atoms with Gasteiger partial charge in [-0.2, -0.15) is 13.2 Å². The zero-order valence-corrected chi connectivity index (χ0v) is 10.7. The molecule has 3 N–H and O–H groups in total. The van der Waals surface area contributed by atoms with Gasteiger partial charge >= 0.3 is 6.18 Å². The van der Waals surface area contributed by atoms with Crippen LogP contribution in [0.3, 0.4) is 0 Å². The zero-order valence-electron chi connectivity index (χ0n) is 10.7. The average molecular weight is 282 g/mol. The average Bonchev–Trinajstić information content (AvgIpc) is 2.35. The van der Waals surface area contributed by atoms with Gasteiger partial charge in [0.2, 0.25) is 0 Å². The van der Waals surface area contributed by atoms with Gasteiger partial charge in [-0.25, -0.2) is 4.98 Å². The highest BCUT2D eigenvalue weighted by molar-refractivity contribution is 5.47. The zero-order chi connectivity index (χ0) is 14.8. The normalized spacial score (nSPS) is 11.4. The Labute approximate surface area is 113 Å². The fourth-order valence-electron chi connectivity index (χ4n) is 1.69. The number of nitrogen functional groups attached to an aromatic ring is 1. The SMILES string of the molecule is Cc1cccc(CNc2cc(C(F)(F)F)cc(N)n2)n1. The maximum Gasteiger partial charge on any atom is 0.416 e. The number of pyridine rings is 2. The second-order valence-electron chi connectivity index (χ2n) is 4.29. The Bertz CT molecular complexity index is 611. The Kier molecular flexibility index (Phi) is 3.78. The molecule has 2 heterocycles. The van der Waals surface area contributed by atoms with E-state index in [1.54, 1.807) is 6.07 Å². The van der Waals surface area contributed by atoms with Crippen LogP contribution in [0.2, 0.25) is 0 Å². The van der Waals surface area contributed by atoms with Crippen LogP contribution in [0.1, 0.15) is 17.0 Å². The highest BCUT2D eigenvalue weighted by atomic mass is 19.4. The number of aromatic nitrogens is 2. The molecule has 106 valence electrons. The molecule has 0 atom stereocenters. The van der Waals surface area contributed by atoms with Gasteiger partial charge in [-0.05, 0) is 31.2 Å². The van der Waals surface area contributed by atoms with Crippen LogP contribution in [0, 0.1) is 6.92 Å². The maximum absolute atomic E-state index is 12.6. The Balaban J connectivity index is 2.16. The Hall–Kier alpha value is -2.31. The number of nitrogens with one attached hydrogen (secondary N) is 1. The molecule has 0 aromatic carbocycles. The van der Waals surface area contributed by atoms with Crippen LogP contribution in [-0.4, -0.2) is 9.97 Å². The highest BCUT2D eigenvalue weighted by Gasteiger charge is 2.31. The molecule has 0 amide bonds. The fraction of sp³-hybridized carbons (Fsp3) is 0.231. The predicted octanol–water partition coefficient (Wildman–Crippen LogP) is 3.00. The van der Waals surface area contributed by atoms with E-state index in [2.05, 4.69) is 15.3 Å². The van der Waals surface area contributed by atoms with Gasteiger partial charge in [0.15, 0.2) is 0 Å². The summed E-state index contributed by atoms with van der Waals surface area (Å²) in [5.41, 5.74) is 6.10. The van der Waals surface area contributed by atoms with Crippen molar-refractivity contribution >= 4 is 11.6 Å². The summed E-state index contributed by atoms with van der Waals surface area (Å²) in [6, 6.07) is 7.16. The second-order valence-corrected chi connectivity index (χ2v) is 4.29. The summed E-state index contributed by atoms with van der Waals surface area (Å²) < 4.78 is 37.9. The third kappa shape index (κ3) is 3.59. The molecular weight excluding hydrogens is 269 g/mol. The monoisotopic (exact) mass is 282 g/mol. The Morgan fingerprint density at radius 2 is 1.95 bits per heavy atom. The van der Waals surface area contributed by atoms with Crippen molar-refractivity contribution in [3.8, 4) is 0 Å². The molecule has 0 aliphatic rings. The maximum atomic E-state index is 12.6. The number of anilines is 2. The molecule has 7 heteroatoms. The first kappa shape index (κ1) is 14.1. The van der Waals surface area contributed by atoms with Crippen LogP contribution in [0.25, 0.3) is 0 Å². The molecule has 0 saturated heterocycles. The predicted molar refractivity (Wildman–Crippen MR) is 70.0 cm³/mol. The van der Waals surface area contributed by atoms with Crippen molar-refractivity contribution in [2.24, 2.45) is 0 Å². The third-order valence-corrected chi connectivity index (χ3v) is 2.57.